The Bertz CT molecular complexity index is 138. The number of hydrogen-bond acceptors (Lipinski definition) is 1. The SMILES string of the molecule is Nc1ccccc1.[Li]. The summed E-state index contributed by atoms with van der Waals surface area (Å²) in [6.45, 7) is 0. The molecule has 0 unspecified atom stereocenters. The molecule has 0 fully saturated rings. The molecule has 0 atom stereocenters. The Morgan fingerprint density at radius 2 is 1.50 bits per heavy atom. The average Bonchev–Trinajstić information content (AvgIpc) is 1.69. The van der Waals surface area contributed by atoms with Crippen LogP contribution in [0.4, 0.5) is 5.69 Å². The standard InChI is InChI=1S/C6H7N.Li/c7-6-4-2-1-3-5-6;/h1-5H,7H2;. The molecule has 37 valence electrons. The largest absolute Gasteiger partial charge is 0.399 e. The molecular formula is C6H7LiN. The van der Waals surface area contributed by atoms with E-state index in [1.165, 1.54) is 0 Å². The van der Waals surface area contributed by atoms with Crippen LogP contribution in [-0.2, 0) is 0 Å². The van der Waals surface area contributed by atoms with Gasteiger partial charge in [0.05, 0.1) is 0 Å². The molecule has 1 aromatic carbocycles. The van der Waals surface area contributed by atoms with Gasteiger partial charge in [0.2, 0.25) is 0 Å². The molecule has 0 aliphatic heterocycles. The molecule has 1 radical (unpaired) electrons. The first-order chi connectivity index (χ1) is 3.39. The Labute approximate surface area is 61.1 Å². The maximum Gasteiger partial charge on any atom is 0.0313 e. The van der Waals surface area contributed by atoms with Gasteiger partial charge in [-0.1, -0.05) is 18.2 Å². The van der Waals surface area contributed by atoms with Crippen molar-refractivity contribution < 1.29 is 0 Å². The van der Waals surface area contributed by atoms with Gasteiger partial charge in [-0.05, 0) is 12.1 Å². The van der Waals surface area contributed by atoms with E-state index in [1.54, 1.807) is 0 Å². The molecule has 8 heavy (non-hydrogen) atoms. The zero-order chi connectivity index (χ0) is 5.11. The van der Waals surface area contributed by atoms with Gasteiger partial charge < -0.3 is 5.73 Å². The minimum Gasteiger partial charge on any atom is -0.399 e. The molecule has 0 aliphatic rings. The van der Waals surface area contributed by atoms with Crippen molar-refractivity contribution in [1.29, 1.82) is 0 Å². The van der Waals surface area contributed by atoms with Gasteiger partial charge in [-0.2, -0.15) is 0 Å². The molecule has 0 aromatic heterocycles. The molecule has 0 amide bonds. The molecule has 1 nitrogen and oxygen atoms in total. The van der Waals surface area contributed by atoms with E-state index in [2.05, 4.69) is 0 Å². The van der Waals surface area contributed by atoms with Crippen molar-refractivity contribution in [1.82, 2.24) is 0 Å². The zero-order valence-electron chi connectivity index (χ0n) is 4.96. The van der Waals surface area contributed by atoms with Gasteiger partial charge in [0, 0.05) is 24.5 Å². The van der Waals surface area contributed by atoms with Gasteiger partial charge in [0.15, 0.2) is 0 Å². The normalized spacial score (nSPS) is 7.50. The Morgan fingerprint density at radius 1 is 1.00 bits per heavy atom. The molecule has 2 N–H and O–H groups in total. The minimum atomic E-state index is 0. The van der Waals surface area contributed by atoms with Crippen molar-refractivity contribution in [2.45, 2.75) is 0 Å². The van der Waals surface area contributed by atoms with Gasteiger partial charge in [-0.15, -0.1) is 0 Å². The van der Waals surface area contributed by atoms with Crippen LogP contribution in [0.5, 0.6) is 0 Å². The van der Waals surface area contributed by atoms with Crippen LogP contribution in [0.3, 0.4) is 0 Å². The molecule has 1 rings (SSSR count). The number of anilines is 1. The molecule has 0 spiro atoms. The fraction of sp³-hybridized carbons (Fsp3) is 0. The van der Waals surface area contributed by atoms with Crippen LogP contribution < -0.4 is 5.73 Å². The third-order valence-electron chi connectivity index (χ3n) is 0.800. The van der Waals surface area contributed by atoms with Crippen LogP contribution in [0.1, 0.15) is 0 Å². The first-order valence-electron chi connectivity index (χ1n) is 2.20. The number of nitrogen functional groups attached to an aromatic ring is 1. The average molecular weight is 100 g/mol. The van der Waals surface area contributed by atoms with Crippen LogP contribution in [0.2, 0.25) is 0 Å². The van der Waals surface area contributed by atoms with Gasteiger partial charge in [-0.25, -0.2) is 0 Å². The van der Waals surface area contributed by atoms with E-state index in [4.69, 9.17) is 5.73 Å². The van der Waals surface area contributed by atoms with Gasteiger partial charge in [0.25, 0.3) is 0 Å². The number of rotatable bonds is 0. The Morgan fingerprint density at radius 3 is 1.75 bits per heavy atom. The van der Waals surface area contributed by atoms with Crippen LogP contribution in [0.15, 0.2) is 30.3 Å². The second kappa shape index (κ2) is 3.60. The van der Waals surface area contributed by atoms with E-state index < -0.39 is 0 Å². The molecule has 1 aromatic rings. The smallest absolute Gasteiger partial charge is 0.0313 e. The first-order valence-corrected chi connectivity index (χ1v) is 2.20. The maximum atomic E-state index is 5.36. The Kier molecular flexibility index (Phi) is 3.43. The molecular weight excluding hydrogens is 93.0 g/mol. The summed E-state index contributed by atoms with van der Waals surface area (Å²) in [7, 11) is 0. The van der Waals surface area contributed by atoms with Crippen molar-refractivity contribution in [3.8, 4) is 0 Å². The van der Waals surface area contributed by atoms with E-state index in [0.717, 1.165) is 5.69 Å². The van der Waals surface area contributed by atoms with Crippen LogP contribution in [-0.4, -0.2) is 18.9 Å². The fourth-order valence-corrected chi connectivity index (χ4v) is 0.453. The molecule has 0 saturated carbocycles. The quantitative estimate of drug-likeness (QED) is 0.380. The van der Waals surface area contributed by atoms with Crippen molar-refractivity contribution in [2.75, 3.05) is 5.73 Å². The summed E-state index contributed by atoms with van der Waals surface area (Å²) in [5.74, 6) is 0. The van der Waals surface area contributed by atoms with Crippen LogP contribution >= 0.6 is 0 Å². The summed E-state index contributed by atoms with van der Waals surface area (Å²) in [5, 5.41) is 0. The number of nitrogens with two attached hydrogens (primary N) is 1. The summed E-state index contributed by atoms with van der Waals surface area (Å²) in [5.41, 5.74) is 6.18. The molecule has 0 saturated heterocycles. The Balaban J connectivity index is 0.000000490. The van der Waals surface area contributed by atoms with Crippen molar-refractivity contribution in [3.63, 3.8) is 0 Å². The predicted molar refractivity (Wildman–Crippen MR) is 36.6 cm³/mol. The summed E-state index contributed by atoms with van der Waals surface area (Å²) in [6, 6.07) is 9.49. The topological polar surface area (TPSA) is 26.0 Å². The minimum absolute atomic E-state index is 0. The van der Waals surface area contributed by atoms with Crippen molar-refractivity contribution in [2.24, 2.45) is 0 Å². The summed E-state index contributed by atoms with van der Waals surface area (Å²) in [6.07, 6.45) is 0. The number of para-hydroxylation sites is 1. The third-order valence-corrected chi connectivity index (χ3v) is 0.800. The monoisotopic (exact) mass is 100 g/mol. The summed E-state index contributed by atoms with van der Waals surface area (Å²) >= 11 is 0. The first kappa shape index (κ1) is 7.62. The Hall–Kier alpha value is -0.383. The number of hydrogen-bond donors (Lipinski definition) is 1. The fourth-order valence-electron chi connectivity index (χ4n) is 0.453. The molecule has 0 heterocycles. The van der Waals surface area contributed by atoms with E-state index in [-0.39, 0.29) is 18.9 Å². The molecule has 0 bridgehead atoms. The summed E-state index contributed by atoms with van der Waals surface area (Å²) in [4.78, 5) is 0. The second-order valence-corrected chi connectivity index (χ2v) is 1.41. The van der Waals surface area contributed by atoms with E-state index >= 15 is 0 Å². The van der Waals surface area contributed by atoms with Gasteiger partial charge in [0.1, 0.15) is 0 Å². The maximum absolute atomic E-state index is 5.36. The van der Waals surface area contributed by atoms with Gasteiger partial charge >= 0.3 is 0 Å². The van der Waals surface area contributed by atoms with E-state index in [0.29, 0.717) is 0 Å². The van der Waals surface area contributed by atoms with Crippen molar-refractivity contribution >= 4 is 24.5 Å². The van der Waals surface area contributed by atoms with E-state index in [1.807, 2.05) is 30.3 Å². The third kappa shape index (κ3) is 2.06. The molecule has 2 heteroatoms. The number of benzene rings is 1. The van der Waals surface area contributed by atoms with E-state index in [9.17, 15) is 0 Å². The predicted octanol–water partition coefficient (Wildman–Crippen LogP) is 0.888. The van der Waals surface area contributed by atoms with Crippen LogP contribution in [0, 0.1) is 0 Å². The summed E-state index contributed by atoms with van der Waals surface area (Å²) < 4.78 is 0. The second-order valence-electron chi connectivity index (χ2n) is 1.41. The zero-order valence-corrected chi connectivity index (χ0v) is 4.96. The molecule has 0 aliphatic carbocycles. The van der Waals surface area contributed by atoms with Crippen molar-refractivity contribution in [3.05, 3.63) is 30.3 Å². The van der Waals surface area contributed by atoms with Gasteiger partial charge in [-0.3, -0.25) is 0 Å². The van der Waals surface area contributed by atoms with Crippen LogP contribution in [0.25, 0.3) is 0 Å².